The molecule has 2 heterocycles. The lowest BCUT2D eigenvalue weighted by Crippen LogP contribution is -2.12. The average molecular weight is 387 g/mol. The number of carbonyl (C=O) groups excluding carboxylic acids is 1. The highest BCUT2D eigenvalue weighted by atomic mass is 16.5. The van der Waals surface area contributed by atoms with Gasteiger partial charge in [-0.2, -0.15) is 15.0 Å². The molecule has 0 amide bonds. The molecule has 9 nitrogen and oxygen atoms in total. The second-order valence-corrected chi connectivity index (χ2v) is 6.24. The van der Waals surface area contributed by atoms with Crippen molar-refractivity contribution in [3.63, 3.8) is 0 Å². The fourth-order valence-electron chi connectivity index (χ4n) is 2.58. The van der Waals surface area contributed by atoms with Crippen LogP contribution >= 0.6 is 0 Å². The zero-order valence-corrected chi connectivity index (χ0v) is 15.5. The van der Waals surface area contributed by atoms with Gasteiger partial charge in [0.25, 0.3) is 0 Å². The summed E-state index contributed by atoms with van der Waals surface area (Å²) in [5.74, 6) is -0.131. The number of aryl methyl sites for hydroxylation is 1. The lowest BCUT2D eigenvalue weighted by molar-refractivity contribution is 0.0455. The van der Waals surface area contributed by atoms with E-state index in [1.807, 2.05) is 49.4 Å². The van der Waals surface area contributed by atoms with E-state index >= 15 is 0 Å². The molecule has 0 fully saturated rings. The molecular weight excluding hydrogens is 370 g/mol. The van der Waals surface area contributed by atoms with Gasteiger partial charge in [-0.15, -0.1) is 0 Å². The Hall–Kier alpha value is -4.14. The predicted octanol–water partition coefficient (Wildman–Crippen LogP) is 2.81. The van der Waals surface area contributed by atoms with Crippen molar-refractivity contribution in [2.24, 2.45) is 0 Å². The normalized spacial score (nSPS) is 10.7. The van der Waals surface area contributed by atoms with Gasteiger partial charge in [0, 0.05) is 5.69 Å². The van der Waals surface area contributed by atoms with Crippen LogP contribution in [0.1, 0.15) is 21.9 Å². The van der Waals surface area contributed by atoms with Crippen molar-refractivity contribution in [1.82, 2.24) is 24.9 Å². The minimum absolute atomic E-state index is 0.0196. The van der Waals surface area contributed by atoms with Crippen LogP contribution in [0.5, 0.6) is 0 Å². The number of hydrogen-bond donors (Lipinski definition) is 2. The van der Waals surface area contributed by atoms with Crippen LogP contribution in [0, 0.1) is 6.92 Å². The summed E-state index contributed by atoms with van der Waals surface area (Å²) < 4.78 is 5.26. The van der Waals surface area contributed by atoms with E-state index in [1.165, 1.54) is 6.20 Å². The van der Waals surface area contributed by atoms with Crippen LogP contribution in [0.25, 0.3) is 11.0 Å². The zero-order chi connectivity index (χ0) is 20.2. The van der Waals surface area contributed by atoms with E-state index in [0.717, 1.165) is 11.3 Å². The van der Waals surface area contributed by atoms with Gasteiger partial charge in [-0.1, -0.05) is 29.8 Å². The molecule has 9 heteroatoms. The van der Waals surface area contributed by atoms with E-state index in [9.17, 15) is 4.79 Å². The van der Waals surface area contributed by atoms with Crippen molar-refractivity contribution in [2.45, 2.75) is 13.5 Å². The molecule has 0 aliphatic heterocycles. The van der Waals surface area contributed by atoms with Gasteiger partial charge in [-0.3, -0.25) is 4.98 Å². The molecule has 0 unspecified atom stereocenters. The number of carbonyl (C=O) groups is 1. The number of benzene rings is 2. The molecule has 3 N–H and O–H groups in total. The molecule has 0 saturated carbocycles. The number of nitrogens with one attached hydrogen (secondary N) is 1. The van der Waals surface area contributed by atoms with Gasteiger partial charge < -0.3 is 15.8 Å². The Bertz CT molecular complexity index is 1180. The average Bonchev–Trinajstić information content (AvgIpc) is 2.73. The summed E-state index contributed by atoms with van der Waals surface area (Å²) in [5, 5.41) is 3.05. The van der Waals surface area contributed by atoms with Crippen molar-refractivity contribution >= 4 is 34.6 Å². The third kappa shape index (κ3) is 4.41. The standard InChI is InChI=1S/C20H17N7O2/c1-12-6-8-13(9-7-12)23-20-26-17(25-19(21)27-20)11-29-18(28)16-10-22-14-4-2-3-5-15(14)24-16/h2-10H,11H2,1H3,(H3,21,23,25,26,27). The Morgan fingerprint density at radius 2 is 1.76 bits per heavy atom. The third-order valence-corrected chi connectivity index (χ3v) is 4.00. The van der Waals surface area contributed by atoms with Crippen LogP contribution in [0.15, 0.2) is 54.7 Å². The van der Waals surface area contributed by atoms with E-state index in [4.69, 9.17) is 10.5 Å². The van der Waals surface area contributed by atoms with E-state index in [1.54, 1.807) is 6.07 Å². The van der Waals surface area contributed by atoms with Crippen LogP contribution in [-0.2, 0) is 11.3 Å². The Balaban J connectivity index is 1.46. The van der Waals surface area contributed by atoms with Gasteiger partial charge in [0.2, 0.25) is 11.9 Å². The first-order valence-electron chi connectivity index (χ1n) is 8.80. The summed E-state index contributed by atoms with van der Waals surface area (Å²) in [6.07, 6.45) is 1.37. The molecule has 4 aromatic rings. The second kappa shape index (κ2) is 7.85. The van der Waals surface area contributed by atoms with Crippen LogP contribution in [0.2, 0.25) is 0 Å². The predicted molar refractivity (Wildman–Crippen MR) is 107 cm³/mol. The molecule has 0 atom stereocenters. The van der Waals surface area contributed by atoms with Crippen LogP contribution < -0.4 is 11.1 Å². The van der Waals surface area contributed by atoms with Gasteiger partial charge in [-0.25, -0.2) is 9.78 Å². The molecule has 0 aliphatic carbocycles. The van der Waals surface area contributed by atoms with Gasteiger partial charge in [-0.05, 0) is 31.2 Å². The number of hydrogen-bond acceptors (Lipinski definition) is 9. The van der Waals surface area contributed by atoms with Crippen molar-refractivity contribution in [3.8, 4) is 0 Å². The van der Waals surface area contributed by atoms with E-state index in [-0.39, 0.29) is 30.0 Å². The topological polar surface area (TPSA) is 129 Å². The van der Waals surface area contributed by atoms with Gasteiger partial charge in [0.15, 0.2) is 18.1 Å². The lowest BCUT2D eigenvalue weighted by atomic mass is 10.2. The maximum absolute atomic E-state index is 12.3. The number of rotatable bonds is 5. The highest BCUT2D eigenvalue weighted by molar-refractivity contribution is 5.89. The molecule has 29 heavy (non-hydrogen) atoms. The largest absolute Gasteiger partial charge is 0.453 e. The van der Waals surface area contributed by atoms with Gasteiger partial charge in [0.05, 0.1) is 17.2 Å². The van der Waals surface area contributed by atoms with Crippen molar-refractivity contribution < 1.29 is 9.53 Å². The summed E-state index contributed by atoms with van der Waals surface area (Å²) in [6, 6.07) is 15.0. The zero-order valence-electron chi connectivity index (χ0n) is 15.5. The SMILES string of the molecule is Cc1ccc(Nc2nc(N)nc(COC(=O)c3cnc4ccccc4n3)n2)cc1. The van der Waals surface area contributed by atoms with E-state index in [0.29, 0.717) is 11.0 Å². The summed E-state index contributed by atoms with van der Waals surface area (Å²) in [4.78, 5) is 33.1. The number of ether oxygens (including phenoxy) is 1. The van der Waals surface area contributed by atoms with Crippen molar-refractivity contribution in [3.05, 3.63) is 71.8 Å². The number of aromatic nitrogens is 5. The first kappa shape index (κ1) is 18.2. The highest BCUT2D eigenvalue weighted by Gasteiger charge is 2.13. The fraction of sp³-hybridized carbons (Fsp3) is 0.100. The third-order valence-electron chi connectivity index (χ3n) is 4.00. The second-order valence-electron chi connectivity index (χ2n) is 6.24. The number of anilines is 3. The smallest absolute Gasteiger partial charge is 0.359 e. The molecule has 0 radical (unpaired) electrons. The molecule has 2 aromatic heterocycles. The molecule has 0 bridgehead atoms. The number of para-hydroxylation sites is 2. The minimum Gasteiger partial charge on any atom is -0.453 e. The van der Waals surface area contributed by atoms with Crippen molar-refractivity contribution in [2.75, 3.05) is 11.1 Å². The quantitative estimate of drug-likeness (QED) is 0.497. The molecule has 144 valence electrons. The molecule has 0 saturated heterocycles. The van der Waals surface area contributed by atoms with Gasteiger partial charge in [0.1, 0.15) is 0 Å². The van der Waals surface area contributed by atoms with Crippen molar-refractivity contribution in [1.29, 1.82) is 0 Å². The van der Waals surface area contributed by atoms with E-state index < -0.39 is 5.97 Å². The summed E-state index contributed by atoms with van der Waals surface area (Å²) in [5.41, 5.74) is 9.09. The Morgan fingerprint density at radius 1 is 1.00 bits per heavy atom. The summed E-state index contributed by atoms with van der Waals surface area (Å²) in [7, 11) is 0. The fourth-order valence-corrected chi connectivity index (χ4v) is 2.58. The monoisotopic (exact) mass is 387 g/mol. The number of nitrogen functional groups attached to an aromatic ring is 1. The first-order chi connectivity index (χ1) is 14.1. The van der Waals surface area contributed by atoms with Crippen LogP contribution in [0.4, 0.5) is 17.6 Å². The van der Waals surface area contributed by atoms with E-state index in [2.05, 4.69) is 30.2 Å². The first-order valence-corrected chi connectivity index (χ1v) is 8.80. The molecule has 0 spiro atoms. The van der Waals surface area contributed by atoms with Crippen LogP contribution in [-0.4, -0.2) is 30.9 Å². The summed E-state index contributed by atoms with van der Waals surface area (Å²) >= 11 is 0. The molecule has 2 aromatic carbocycles. The molecular formula is C20H17N7O2. The van der Waals surface area contributed by atoms with Crippen LogP contribution in [0.3, 0.4) is 0 Å². The Morgan fingerprint density at radius 3 is 2.55 bits per heavy atom. The Kier molecular flexibility index (Phi) is 4.93. The minimum atomic E-state index is -0.629. The molecule has 4 rings (SSSR count). The molecule has 0 aliphatic rings. The highest BCUT2D eigenvalue weighted by Crippen LogP contribution is 2.15. The number of nitrogens with two attached hydrogens (primary N) is 1. The maximum Gasteiger partial charge on any atom is 0.359 e. The summed E-state index contributed by atoms with van der Waals surface area (Å²) in [6.45, 7) is 1.82. The number of fused-ring (bicyclic) bond motifs is 1. The number of nitrogens with zero attached hydrogens (tertiary/aromatic N) is 5. The Labute approximate surface area is 166 Å². The maximum atomic E-state index is 12.3. The lowest BCUT2D eigenvalue weighted by Gasteiger charge is -2.08. The number of esters is 1. The van der Waals surface area contributed by atoms with Gasteiger partial charge >= 0.3 is 5.97 Å².